The molecule has 1 aromatic heterocycles. The number of esters is 1. The van der Waals surface area contributed by atoms with Crippen LogP contribution in [0.5, 0.6) is 0 Å². The van der Waals surface area contributed by atoms with Crippen LogP contribution in [0.15, 0.2) is 34.9 Å². The number of aromatic nitrogens is 1. The van der Waals surface area contributed by atoms with E-state index in [4.69, 9.17) is 9.47 Å². The molecule has 2 aromatic rings. The first-order valence-corrected chi connectivity index (χ1v) is 11.5. The van der Waals surface area contributed by atoms with Gasteiger partial charge in [0, 0.05) is 17.5 Å². The van der Waals surface area contributed by atoms with Gasteiger partial charge in [0.15, 0.2) is 0 Å². The first-order chi connectivity index (χ1) is 11.7. The maximum atomic E-state index is 13.2. The topological polar surface area (TPSA) is 40.5 Å². The number of rotatable bonds is 7. The molecule has 0 saturated heterocycles. The minimum atomic E-state index is -0.630. The molecule has 0 aliphatic heterocycles. The van der Waals surface area contributed by atoms with E-state index in [1.54, 1.807) is 16.7 Å². The second-order valence-electron chi connectivity index (χ2n) is 6.51. The fourth-order valence-electron chi connectivity index (χ4n) is 2.24. The van der Waals surface area contributed by atoms with Crippen molar-refractivity contribution < 1.29 is 18.7 Å². The van der Waals surface area contributed by atoms with Gasteiger partial charge in [-0.1, -0.05) is 12.1 Å². The molecule has 0 spiro atoms. The second kappa shape index (κ2) is 8.38. The van der Waals surface area contributed by atoms with Crippen LogP contribution in [0.1, 0.15) is 10.5 Å². The molecule has 7 heteroatoms. The third-order valence-corrected chi connectivity index (χ3v) is 5.82. The number of carbonyl (C=O) groups is 1. The second-order valence-corrected chi connectivity index (χ2v) is 11.9. The van der Waals surface area contributed by atoms with E-state index in [9.17, 15) is 9.18 Å². The van der Waals surface area contributed by atoms with Gasteiger partial charge in [0.1, 0.15) is 18.2 Å². The molecular formula is C18H23BrFNO3S. The zero-order chi connectivity index (χ0) is 18.6. The number of methoxy groups -OCH3 is 1. The van der Waals surface area contributed by atoms with Crippen molar-refractivity contribution in [2.24, 2.45) is 0 Å². The Hall–Kier alpha value is -1.31. The van der Waals surface area contributed by atoms with Gasteiger partial charge in [-0.3, -0.25) is 0 Å². The van der Waals surface area contributed by atoms with Crippen LogP contribution >= 0.6 is 26.0 Å². The highest BCUT2D eigenvalue weighted by Gasteiger charge is 2.22. The van der Waals surface area contributed by atoms with Gasteiger partial charge < -0.3 is 14.0 Å². The third-order valence-electron chi connectivity index (χ3n) is 3.62. The lowest BCUT2D eigenvalue weighted by Gasteiger charge is -2.24. The lowest BCUT2D eigenvalue weighted by molar-refractivity contribution is 0.0542. The molecule has 0 aliphatic rings. The number of nitrogens with zero attached hydrogens (tertiary/aromatic N) is 1. The van der Waals surface area contributed by atoms with Gasteiger partial charge in [0.05, 0.1) is 18.2 Å². The van der Waals surface area contributed by atoms with E-state index in [1.165, 1.54) is 19.2 Å². The Kier molecular flexibility index (Phi) is 6.71. The summed E-state index contributed by atoms with van der Waals surface area (Å²) in [5.74, 6) is 0.235. The molecule has 138 valence electrons. The van der Waals surface area contributed by atoms with Crippen molar-refractivity contribution in [3.05, 3.63) is 46.4 Å². The van der Waals surface area contributed by atoms with Crippen molar-refractivity contribution in [2.45, 2.75) is 6.73 Å². The summed E-state index contributed by atoms with van der Waals surface area (Å²) in [6.45, 7) is 0.876. The SMILES string of the molecule is COC(=O)c1c(Br)c(-c2ccc(F)cc2)cn1COCCS(C)(C)C. The third kappa shape index (κ3) is 5.33. The van der Waals surface area contributed by atoms with Crippen LogP contribution in [0, 0.1) is 5.82 Å². The lowest BCUT2D eigenvalue weighted by Crippen LogP contribution is -2.14. The quantitative estimate of drug-likeness (QED) is 0.478. The number of carbonyl (C=O) groups excluding carboxylic acids is 1. The summed E-state index contributed by atoms with van der Waals surface area (Å²) in [5, 5.41) is 0. The first kappa shape index (κ1) is 20.0. The molecule has 1 heterocycles. The van der Waals surface area contributed by atoms with E-state index in [0.717, 1.165) is 16.9 Å². The lowest BCUT2D eigenvalue weighted by atomic mass is 10.1. The molecule has 0 radical (unpaired) electrons. The molecule has 0 amide bonds. The highest BCUT2D eigenvalue weighted by atomic mass is 79.9. The highest BCUT2D eigenvalue weighted by molar-refractivity contribution is 9.10. The van der Waals surface area contributed by atoms with Crippen LogP contribution in [-0.2, 0) is 16.2 Å². The summed E-state index contributed by atoms with van der Waals surface area (Å²) in [5.41, 5.74) is 1.96. The van der Waals surface area contributed by atoms with Gasteiger partial charge in [0.2, 0.25) is 0 Å². The number of benzene rings is 1. The Morgan fingerprint density at radius 3 is 2.44 bits per heavy atom. The minimum Gasteiger partial charge on any atom is -0.464 e. The summed E-state index contributed by atoms with van der Waals surface area (Å²) in [6, 6.07) is 6.12. The molecule has 0 unspecified atom stereocenters. The van der Waals surface area contributed by atoms with Crippen molar-refractivity contribution in [2.75, 3.05) is 38.2 Å². The van der Waals surface area contributed by atoms with E-state index < -0.39 is 16.0 Å². The van der Waals surface area contributed by atoms with Gasteiger partial charge in [-0.15, -0.1) is 0 Å². The molecule has 4 nitrogen and oxygen atoms in total. The Bertz CT molecular complexity index is 738. The molecule has 0 aliphatic carbocycles. The summed E-state index contributed by atoms with van der Waals surface area (Å²) < 4.78 is 26.1. The molecule has 2 rings (SSSR count). The van der Waals surface area contributed by atoms with E-state index in [1.807, 2.05) is 6.20 Å². The van der Waals surface area contributed by atoms with E-state index in [-0.39, 0.29) is 12.5 Å². The zero-order valence-electron chi connectivity index (χ0n) is 14.8. The molecular weight excluding hydrogens is 409 g/mol. The summed E-state index contributed by atoms with van der Waals surface area (Å²) in [6.07, 6.45) is 8.51. The normalized spacial score (nSPS) is 12.2. The van der Waals surface area contributed by atoms with Crippen molar-refractivity contribution in [1.29, 1.82) is 0 Å². The van der Waals surface area contributed by atoms with Crippen LogP contribution in [0.4, 0.5) is 4.39 Å². The standard InChI is InChI=1S/C18H23BrFNO3S/c1-23-18(22)17-16(19)15(13-5-7-14(20)8-6-13)11-21(17)12-24-9-10-25(2,3)4/h5-8,11H,9-10,12H2,1-4H3. The number of hydrogen-bond acceptors (Lipinski definition) is 3. The van der Waals surface area contributed by atoms with Crippen LogP contribution in [0.25, 0.3) is 11.1 Å². The Labute approximate surface area is 157 Å². The van der Waals surface area contributed by atoms with E-state index >= 15 is 0 Å². The molecule has 25 heavy (non-hydrogen) atoms. The van der Waals surface area contributed by atoms with Crippen molar-refractivity contribution in [1.82, 2.24) is 4.57 Å². The van der Waals surface area contributed by atoms with Gasteiger partial charge in [-0.05, 0) is 52.4 Å². The maximum absolute atomic E-state index is 13.2. The molecule has 1 aromatic carbocycles. The fourth-order valence-corrected chi connectivity index (χ4v) is 3.58. The average Bonchev–Trinajstić information content (AvgIpc) is 2.87. The first-order valence-electron chi connectivity index (χ1n) is 7.69. The van der Waals surface area contributed by atoms with Gasteiger partial charge in [-0.2, -0.15) is 0 Å². The maximum Gasteiger partial charge on any atom is 0.355 e. The molecule has 0 atom stereocenters. The monoisotopic (exact) mass is 431 g/mol. The van der Waals surface area contributed by atoms with Gasteiger partial charge in [-0.25, -0.2) is 19.2 Å². The predicted molar refractivity (Wildman–Crippen MR) is 105 cm³/mol. The molecule has 0 saturated carbocycles. The molecule has 0 bridgehead atoms. The largest absolute Gasteiger partial charge is 0.464 e. The van der Waals surface area contributed by atoms with Crippen molar-refractivity contribution in [3.63, 3.8) is 0 Å². The fraction of sp³-hybridized carbons (Fsp3) is 0.389. The summed E-state index contributed by atoms with van der Waals surface area (Å²) in [4.78, 5) is 12.2. The van der Waals surface area contributed by atoms with Crippen LogP contribution in [0.3, 0.4) is 0 Å². The Morgan fingerprint density at radius 1 is 1.24 bits per heavy atom. The molecule has 0 N–H and O–H groups in total. The smallest absolute Gasteiger partial charge is 0.355 e. The van der Waals surface area contributed by atoms with E-state index in [2.05, 4.69) is 34.7 Å². The van der Waals surface area contributed by atoms with Crippen molar-refractivity contribution in [3.8, 4) is 11.1 Å². The minimum absolute atomic E-state index is 0.250. The number of halogens is 2. The van der Waals surface area contributed by atoms with Crippen LogP contribution < -0.4 is 0 Å². The van der Waals surface area contributed by atoms with Crippen LogP contribution in [-0.4, -0.2) is 48.8 Å². The number of ether oxygens (including phenoxy) is 2. The summed E-state index contributed by atoms with van der Waals surface area (Å²) in [7, 11) is 0.710. The Balaban J connectivity index is 2.27. The summed E-state index contributed by atoms with van der Waals surface area (Å²) >= 11 is 3.47. The highest BCUT2D eigenvalue weighted by Crippen LogP contribution is 2.35. The molecule has 0 fully saturated rings. The Morgan fingerprint density at radius 2 is 1.88 bits per heavy atom. The predicted octanol–water partition coefficient (Wildman–Crippen LogP) is 4.51. The van der Waals surface area contributed by atoms with Crippen molar-refractivity contribution >= 4 is 31.9 Å². The average molecular weight is 432 g/mol. The van der Waals surface area contributed by atoms with Gasteiger partial charge >= 0.3 is 5.97 Å². The van der Waals surface area contributed by atoms with E-state index in [0.29, 0.717) is 16.8 Å². The van der Waals surface area contributed by atoms with Gasteiger partial charge in [0.25, 0.3) is 0 Å². The number of hydrogen-bond donors (Lipinski definition) is 0. The van der Waals surface area contributed by atoms with Crippen LogP contribution in [0.2, 0.25) is 0 Å². The zero-order valence-corrected chi connectivity index (χ0v) is 17.2.